The molecular weight excluding hydrogens is 159 g/mol. The van der Waals surface area contributed by atoms with E-state index in [0.29, 0.717) is 0 Å². The van der Waals surface area contributed by atoms with E-state index in [9.17, 15) is 4.79 Å². The molecule has 0 aliphatic heterocycles. The quantitative estimate of drug-likeness (QED) is 0.440. The SMILES string of the molecule is CN(CB(O)O)C(=O)C(C)(C)N. The molecule has 0 aromatic heterocycles. The lowest BCUT2D eigenvalue weighted by atomic mass is 9.90. The monoisotopic (exact) mass is 174 g/mol. The third kappa shape index (κ3) is 3.70. The molecule has 0 bridgehead atoms. The van der Waals surface area contributed by atoms with Gasteiger partial charge in [-0.2, -0.15) is 0 Å². The Kier molecular flexibility index (Phi) is 3.70. The second kappa shape index (κ2) is 3.89. The maximum atomic E-state index is 11.3. The Labute approximate surface area is 72.3 Å². The third-order valence-electron chi connectivity index (χ3n) is 1.34. The summed E-state index contributed by atoms with van der Waals surface area (Å²) in [5, 5.41) is 17.1. The first-order chi connectivity index (χ1) is 5.25. The van der Waals surface area contributed by atoms with Gasteiger partial charge in [-0.1, -0.05) is 0 Å². The summed E-state index contributed by atoms with van der Waals surface area (Å²) in [5.41, 5.74) is 4.53. The van der Waals surface area contributed by atoms with E-state index in [1.54, 1.807) is 13.8 Å². The van der Waals surface area contributed by atoms with Crippen LogP contribution in [0.4, 0.5) is 0 Å². The Bertz CT molecular complexity index is 167. The summed E-state index contributed by atoms with van der Waals surface area (Å²) in [7, 11) is -0.0441. The van der Waals surface area contributed by atoms with Crippen LogP contribution >= 0.6 is 0 Å². The summed E-state index contributed by atoms with van der Waals surface area (Å²) in [5.74, 6) is -0.324. The molecule has 0 aliphatic carbocycles. The van der Waals surface area contributed by atoms with Crippen molar-refractivity contribution in [2.45, 2.75) is 19.4 Å². The average Bonchev–Trinajstić information content (AvgIpc) is 1.82. The van der Waals surface area contributed by atoms with Crippen LogP contribution in [-0.4, -0.2) is 47.0 Å². The lowest BCUT2D eigenvalue weighted by Gasteiger charge is -2.25. The second-order valence-electron chi connectivity index (χ2n) is 3.39. The molecule has 0 fully saturated rings. The van der Waals surface area contributed by atoms with Crippen molar-refractivity contribution in [1.29, 1.82) is 0 Å². The first-order valence-electron chi connectivity index (χ1n) is 3.65. The molecule has 0 saturated heterocycles. The highest BCUT2D eigenvalue weighted by Crippen LogP contribution is 2.01. The van der Waals surface area contributed by atoms with Gasteiger partial charge in [0.25, 0.3) is 0 Å². The largest absolute Gasteiger partial charge is 0.472 e. The van der Waals surface area contributed by atoms with Crippen molar-refractivity contribution in [3.63, 3.8) is 0 Å². The molecule has 0 atom stereocenters. The van der Waals surface area contributed by atoms with Gasteiger partial charge in [0.15, 0.2) is 0 Å². The van der Waals surface area contributed by atoms with Crippen molar-refractivity contribution < 1.29 is 14.8 Å². The van der Waals surface area contributed by atoms with Crippen LogP contribution in [0.3, 0.4) is 0 Å². The number of amides is 1. The van der Waals surface area contributed by atoms with Crippen molar-refractivity contribution >= 4 is 13.0 Å². The zero-order valence-electron chi connectivity index (χ0n) is 7.61. The molecule has 0 aromatic carbocycles. The van der Waals surface area contributed by atoms with Crippen LogP contribution in [0.2, 0.25) is 0 Å². The summed E-state index contributed by atoms with van der Waals surface area (Å²) in [6.07, 6.45) is -0.126. The van der Waals surface area contributed by atoms with E-state index in [0.717, 1.165) is 0 Å². The van der Waals surface area contributed by atoms with Crippen LogP contribution in [0.1, 0.15) is 13.8 Å². The lowest BCUT2D eigenvalue weighted by molar-refractivity contribution is -0.133. The molecule has 0 rings (SSSR count). The molecule has 0 unspecified atom stereocenters. The maximum absolute atomic E-state index is 11.3. The van der Waals surface area contributed by atoms with E-state index in [-0.39, 0.29) is 12.4 Å². The standard InChI is InChI=1S/C6H15BN2O3/c1-6(2,8)5(10)9(3)4-7(11)12/h11-12H,4,8H2,1-3H3. The minimum absolute atomic E-state index is 0.126. The average molecular weight is 174 g/mol. The van der Waals surface area contributed by atoms with Crippen LogP contribution in [0, 0.1) is 0 Å². The van der Waals surface area contributed by atoms with Crippen LogP contribution in [0.5, 0.6) is 0 Å². The van der Waals surface area contributed by atoms with Gasteiger partial charge in [-0.05, 0) is 13.8 Å². The Balaban J connectivity index is 4.12. The predicted molar refractivity (Wildman–Crippen MR) is 46.1 cm³/mol. The number of nitrogens with zero attached hydrogens (tertiary/aromatic N) is 1. The minimum Gasteiger partial charge on any atom is -0.426 e. The highest BCUT2D eigenvalue weighted by molar-refractivity contribution is 6.41. The molecule has 4 N–H and O–H groups in total. The molecule has 12 heavy (non-hydrogen) atoms. The number of hydrogen-bond donors (Lipinski definition) is 3. The fourth-order valence-corrected chi connectivity index (χ4v) is 0.820. The van der Waals surface area contributed by atoms with Gasteiger partial charge in [0, 0.05) is 7.05 Å². The van der Waals surface area contributed by atoms with Crippen molar-refractivity contribution in [2.24, 2.45) is 5.73 Å². The fraction of sp³-hybridized carbons (Fsp3) is 0.833. The Morgan fingerprint density at radius 3 is 2.25 bits per heavy atom. The Morgan fingerprint density at radius 2 is 2.00 bits per heavy atom. The van der Waals surface area contributed by atoms with Gasteiger partial charge in [0.2, 0.25) is 5.91 Å². The highest BCUT2D eigenvalue weighted by atomic mass is 16.4. The third-order valence-corrected chi connectivity index (χ3v) is 1.34. The van der Waals surface area contributed by atoms with Crippen LogP contribution in [0.25, 0.3) is 0 Å². The van der Waals surface area contributed by atoms with Gasteiger partial charge < -0.3 is 20.7 Å². The molecule has 0 spiro atoms. The zero-order valence-corrected chi connectivity index (χ0v) is 7.61. The van der Waals surface area contributed by atoms with Crippen molar-refractivity contribution in [3.05, 3.63) is 0 Å². The first-order valence-corrected chi connectivity index (χ1v) is 3.65. The van der Waals surface area contributed by atoms with Gasteiger partial charge in [0.05, 0.1) is 12.0 Å². The maximum Gasteiger partial charge on any atom is 0.472 e. The number of likely N-dealkylation sites (N-methyl/N-ethyl adjacent to an activating group) is 1. The van der Waals surface area contributed by atoms with E-state index in [2.05, 4.69) is 0 Å². The van der Waals surface area contributed by atoms with E-state index in [1.165, 1.54) is 11.9 Å². The number of carbonyl (C=O) groups is 1. The van der Waals surface area contributed by atoms with E-state index >= 15 is 0 Å². The molecule has 0 saturated carbocycles. The van der Waals surface area contributed by atoms with Crippen LogP contribution in [0.15, 0.2) is 0 Å². The summed E-state index contributed by atoms with van der Waals surface area (Å²) in [6, 6.07) is 0. The van der Waals surface area contributed by atoms with Gasteiger partial charge in [-0.15, -0.1) is 0 Å². The number of nitrogens with two attached hydrogens (primary N) is 1. The number of hydrogen-bond acceptors (Lipinski definition) is 4. The Hall–Kier alpha value is -0.585. The lowest BCUT2D eigenvalue weighted by Crippen LogP contribution is -2.52. The molecular formula is C6H15BN2O3. The molecule has 0 aliphatic rings. The van der Waals surface area contributed by atoms with Gasteiger partial charge in [-0.25, -0.2) is 0 Å². The van der Waals surface area contributed by atoms with Crippen molar-refractivity contribution in [2.75, 3.05) is 13.5 Å². The van der Waals surface area contributed by atoms with E-state index in [1.807, 2.05) is 0 Å². The first kappa shape index (κ1) is 11.4. The second-order valence-corrected chi connectivity index (χ2v) is 3.39. The normalized spacial score (nSPS) is 11.2. The van der Waals surface area contributed by atoms with Crippen molar-refractivity contribution in [1.82, 2.24) is 4.90 Å². The summed E-state index contributed by atoms with van der Waals surface area (Å²) in [4.78, 5) is 12.5. The van der Waals surface area contributed by atoms with Gasteiger partial charge in [0.1, 0.15) is 0 Å². The summed E-state index contributed by atoms with van der Waals surface area (Å²) < 4.78 is 0. The predicted octanol–water partition coefficient (Wildman–Crippen LogP) is -1.81. The van der Waals surface area contributed by atoms with Gasteiger partial charge in [-0.3, -0.25) is 4.79 Å². The molecule has 70 valence electrons. The molecule has 0 aromatic rings. The van der Waals surface area contributed by atoms with Crippen molar-refractivity contribution in [3.8, 4) is 0 Å². The van der Waals surface area contributed by atoms with E-state index in [4.69, 9.17) is 15.8 Å². The molecule has 0 heterocycles. The molecule has 1 amide bonds. The summed E-state index contributed by atoms with van der Waals surface area (Å²) >= 11 is 0. The fourth-order valence-electron chi connectivity index (χ4n) is 0.820. The van der Waals surface area contributed by atoms with Gasteiger partial charge >= 0.3 is 7.12 Å². The van der Waals surface area contributed by atoms with E-state index < -0.39 is 12.7 Å². The molecule has 5 nitrogen and oxygen atoms in total. The zero-order chi connectivity index (χ0) is 9.94. The van der Waals surface area contributed by atoms with Crippen LogP contribution < -0.4 is 5.73 Å². The molecule has 0 radical (unpaired) electrons. The highest BCUT2D eigenvalue weighted by Gasteiger charge is 2.27. The van der Waals surface area contributed by atoms with Crippen LogP contribution in [-0.2, 0) is 4.79 Å². The molecule has 6 heteroatoms. The minimum atomic E-state index is -1.51. The summed E-state index contributed by atoms with van der Waals surface area (Å²) in [6.45, 7) is 3.13. The number of rotatable bonds is 3. The Morgan fingerprint density at radius 1 is 1.58 bits per heavy atom. The topological polar surface area (TPSA) is 86.8 Å². The number of carbonyl (C=O) groups excluding carboxylic acids is 1. The smallest absolute Gasteiger partial charge is 0.426 e.